The number of amides is 2. The van der Waals surface area contributed by atoms with Gasteiger partial charge in [-0.25, -0.2) is 4.79 Å². The van der Waals surface area contributed by atoms with Gasteiger partial charge in [0.1, 0.15) is 0 Å². The minimum absolute atomic E-state index is 0.111. The molecule has 0 spiro atoms. The first kappa shape index (κ1) is 15.8. The zero-order valence-corrected chi connectivity index (χ0v) is 13.1. The second-order valence-corrected chi connectivity index (χ2v) is 7.87. The number of urea groups is 1. The number of aliphatic carboxylic acids is 1. The molecule has 3 N–H and O–H groups in total. The molecule has 7 heteroatoms. The first-order valence-corrected chi connectivity index (χ1v) is 9.32. The van der Waals surface area contributed by atoms with E-state index in [2.05, 4.69) is 10.6 Å². The fourth-order valence-electron chi connectivity index (χ4n) is 2.58. The number of nitrogens with one attached hydrogen (secondary N) is 2. The zero-order chi connectivity index (χ0) is 14.4. The van der Waals surface area contributed by atoms with Crippen LogP contribution < -0.4 is 10.6 Å². The molecule has 2 aliphatic rings. The van der Waals surface area contributed by atoms with Gasteiger partial charge in [0.05, 0.1) is 5.92 Å². The summed E-state index contributed by atoms with van der Waals surface area (Å²) >= 11 is 3.87. The van der Waals surface area contributed by atoms with Crippen molar-refractivity contribution in [3.8, 4) is 0 Å². The molecule has 2 rings (SSSR count). The maximum Gasteiger partial charge on any atom is 0.315 e. The van der Waals surface area contributed by atoms with E-state index in [-0.39, 0.29) is 18.0 Å². The van der Waals surface area contributed by atoms with E-state index in [0.717, 1.165) is 24.3 Å². The smallest absolute Gasteiger partial charge is 0.315 e. The molecule has 0 aromatic carbocycles. The molecule has 114 valence electrons. The molecular weight excluding hydrogens is 296 g/mol. The summed E-state index contributed by atoms with van der Waals surface area (Å²) in [6, 6.07) is 0.0129. The summed E-state index contributed by atoms with van der Waals surface area (Å²) in [5.41, 5.74) is 0. The van der Waals surface area contributed by atoms with Crippen molar-refractivity contribution in [3.63, 3.8) is 0 Å². The number of hydrogen-bond acceptors (Lipinski definition) is 4. The van der Waals surface area contributed by atoms with Crippen molar-refractivity contribution in [2.75, 3.05) is 23.8 Å². The van der Waals surface area contributed by atoms with Crippen molar-refractivity contribution >= 4 is 35.5 Å². The Hall–Kier alpha value is -0.560. The fraction of sp³-hybridized carbons (Fsp3) is 0.846. The van der Waals surface area contributed by atoms with Gasteiger partial charge < -0.3 is 15.7 Å². The molecule has 2 fully saturated rings. The third-order valence-corrected chi connectivity index (χ3v) is 6.63. The number of carboxylic acids is 1. The second kappa shape index (κ2) is 8.02. The van der Waals surface area contributed by atoms with Crippen LogP contribution in [0, 0.1) is 5.92 Å². The van der Waals surface area contributed by atoms with E-state index in [0.29, 0.717) is 24.6 Å². The van der Waals surface area contributed by atoms with Crippen LogP contribution in [0.4, 0.5) is 4.79 Å². The fourth-order valence-corrected chi connectivity index (χ4v) is 5.19. The van der Waals surface area contributed by atoms with Crippen LogP contribution in [0.3, 0.4) is 0 Å². The van der Waals surface area contributed by atoms with Crippen molar-refractivity contribution in [1.82, 2.24) is 10.6 Å². The Morgan fingerprint density at radius 3 is 2.50 bits per heavy atom. The van der Waals surface area contributed by atoms with Crippen LogP contribution in [0.2, 0.25) is 0 Å². The Balaban J connectivity index is 1.61. The van der Waals surface area contributed by atoms with Gasteiger partial charge in [0.2, 0.25) is 0 Å². The molecule has 1 saturated heterocycles. The highest BCUT2D eigenvalue weighted by molar-refractivity contribution is 8.06. The SMILES string of the molecule is O=C(NCC1CSCCS1)NC1CCC(C(=O)O)CC1. The lowest BCUT2D eigenvalue weighted by Crippen LogP contribution is -2.46. The van der Waals surface area contributed by atoms with Gasteiger partial charge in [-0.05, 0) is 25.7 Å². The van der Waals surface area contributed by atoms with Gasteiger partial charge in [-0.3, -0.25) is 4.79 Å². The van der Waals surface area contributed by atoms with Crippen LogP contribution in [0.15, 0.2) is 0 Å². The topological polar surface area (TPSA) is 78.4 Å². The molecule has 1 aliphatic carbocycles. The van der Waals surface area contributed by atoms with Gasteiger partial charge in [0.15, 0.2) is 0 Å². The molecule has 1 unspecified atom stereocenters. The molecule has 0 aromatic rings. The molecule has 0 bridgehead atoms. The monoisotopic (exact) mass is 318 g/mol. The molecule has 1 heterocycles. The summed E-state index contributed by atoms with van der Waals surface area (Å²) in [5, 5.41) is 15.3. The average molecular weight is 318 g/mol. The van der Waals surface area contributed by atoms with Crippen LogP contribution in [-0.4, -0.2) is 52.2 Å². The van der Waals surface area contributed by atoms with Crippen molar-refractivity contribution in [2.45, 2.75) is 37.0 Å². The van der Waals surface area contributed by atoms with E-state index in [4.69, 9.17) is 5.11 Å². The number of carboxylic acid groups (broad SMARTS) is 1. The highest BCUT2D eigenvalue weighted by Crippen LogP contribution is 2.25. The normalized spacial score (nSPS) is 30.5. The quantitative estimate of drug-likeness (QED) is 0.736. The van der Waals surface area contributed by atoms with Crippen LogP contribution in [0.1, 0.15) is 25.7 Å². The number of rotatable bonds is 4. The molecule has 1 aliphatic heterocycles. The predicted octanol–water partition coefficient (Wildman–Crippen LogP) is 1.78. The van der Waals surface area contributed by atoms with Crippen molar-refractivity contribution in [1.29, 1.82) is 0 Å². The molecule has 2 amide bonds. The molecule has 20 heavy (non-hydrogen) atoms. The van der Waals surface area contributed by atoms with Crippen molar-refractivity contribution in [2.24, 2.45) is 5.92 Å². The number of carbonyl (C=O) groups excluding carboxylic acids is 1. The molecule has 1 atom stereocenters. The first-order chi connectivity index (χ1) is 9.65. The number of carbonyl (C=O) groups is 2. The van der Waals surface area contributed by atoms with E-state index >= 15 is 0 Å². The Bertz CT molecular complexity index is 341. The lowest BCUT2D eigenvalue weighted by atomic mass is 9.86. The lowest BCUT2D eigenvalue weighted by molar-refractivity contribution is -0.142. The van der Waals surface area contributed by atoms with Crippen LogP contribution >= 0.6 is 23.5 Å². The van der Waals surface area contributed by atoms with Gasteiger partial charge in [-0.15, -0.1) is 0 Å². The number of thioether (sulfide) groups is 2. The first-order valence-electron chi connectivity index (χ1n) is 7.11. The Labute approximate surface area is 128 Å². The summed E-state index contributed by atoms with van der Waals surface area (Å²) < 4.78 is 0. The largest absolute Gasteiger partial charge is 0.481 e. The highest BCUT2D eigenvalue weighted by Gasteiger charge is 2.26. The summed E-state index contributed by atoms with van der Waals surface area (Å²) in [7, 11) is 0. The third kappa shape index (κ3) is 5.09. The van der Waals surface area contributed by atoms with Gasteiger partial charge in [0, 0.05) is 35.1 Å². The lowest BCUT2D eigenvalue weighted by Gasteiger charge is -2.27. The summed E-state index contributed by atoms with van der Waals surface area (Å²) in [6.07, 6.45) is 2.85. The van der Waals surface area contributed by atoms with Crippen LogP contribution in [0.25, 0.3) is 0 Å². The zero-order valence-electron chi connectivity index (χ0n) is 11.5. The van der Waals surface area contributed by atoms with E-state index in [1.807, 2.05) is 23.5 Å². The minimum Gasteiger partial charge on any atom is -0.481 e. The summed E-state index contributed by atoms with van der Waals surface area (Å²) in [6.45, 7) is 0.716. The van der Waals surface area contributed by atoms with Crippen LogP contribution in [-0.2, 0) is 4.79 Å². The van der Waals surface area contributed by atoms with Crippen molar-refractivity contribution in [3.05, 3.63) is 0 Å². The van der Waals surface area contributed by atoms with Gasteiger partial charge in [-0.2, -0.15) is 23.5 Å². The van der Waals surface area contributed by atoms with E-state index in [9.17, 15) is 9.59 Å². The molecule has 5 nitrogen and oxygen atoms in total. The van der Waals surface area contributed by atoms with Gasteiger partial charge >= 0.3 is 12.0 Å². The summed E-state index contributed by atoms with van der Waals surface area (Å²) in [4.78, 5) is 22.7. The molecular formula is C13H22N2O3S2. The number of hydrogen-bond donors (Lipinski definition) is 3. The van der Waals surface area contributed by atoms with E-state index in [1.54, 1.807) is 0 Å². The Kier molecular flexibility index (Phi) is 6.35. The van der Waals surface area contributed by atoms with Gasteiger partial charge in [-0.1, -0.05) is 0 Å². The standard InChI is InChI=1S/C13H22N2O3S2/c16-12(17)9-1-3-10(4-2-9)15-13(18)14-7-11-8-19-5-6-20-11/h9-11H,1-8H2,(H,16,17)(H2,14,15,18). The molecule has 1 saturated carbocycles. The molecule has 0 radical (unpaired) electrons. The maximum atomic E-state index is 11.8. The highest BCUT2D eigenvalue weighted by atomic mass is 32.2. The van der Waals surface area contributed by atoms with E-state index in [1.165, 1.54) is 5.75 Å². The van der Waals surface area contributed by atoms with Crippen LogP contribution in [0.5, 0.6) is 0 Å². The van der Waals surface area contributed by atoms with Crippen molar-refractivity contribution < 1.29 is 14.7 Å². The predicted molar refractivity (Wildman–Crippen MR) is 83.5 cm³/mol. The maximum absolute atomic E-state index is 11.8. The molecule has 0 aromatic heterocycles. The second-order valence-electron chi connectivity index (χ2n) is 5.31. The van der Waals surface area contributed by atoms with E-state index < -0.39 is 5.97 Å². The minimum atomic E-state index is -0.709. The Morgan fingerprint density at radius 1 is 1.15 bits per heavy atom. The summed E-state index contributed by atoms with van der Waals surface area (Å²) in [5.74, 6) is 2.54. The Morgan fingerprint density at radius 2 is 1.90 bits per heavy atom. The van der Waals surface area contributed by atoms with Gasteiger partial charge in [0.25, 0.3) is 0 Å². The third-order valence-electron chi connectivity index (χ3n) is 3.79. The average Bonchev–Trinajstić information content (AvgIpc) is 2.47.